The summed E-state index contributed by atoms with van der Waals surface area (Å²) in [6, 6.07) is 3.13. The van der Waals surface area contributed by atoms with Crippen molar-refractivity contribution in [2.75, 3.05) is 5.75 Å². The van der Waals surface area contributed by atoms with Crippen LogP contribution in [0.15, 0.2) is 23.4 Å². The number of nitrogens with zero attached hydrogens (tertiary/aromatic N) is 3. The third kappa shape index (κ3) is 3.09. The van der Waals surface area contributed by atoms with Gasteiger partial charge >= 0.3 is 5.97 Å². The zero-order chi connectivity index (χ0) is 14.7. The number of carboxylic acids is 1. The molecule has 0 bridgehead atoms. The Bertz CT molecular complexity index is 675. The van der Waals surface area contributed by atoms with Crippen molar-refractivity contribution >= 4 is 23.4 Å². The van der Waals surface area contributed by atoms with Crippen molar-refractivity contribution in [2.24, 2.45) is 0 Å². The normalized spacial score (nSPS) is 10.4. The van der Waals surface area contributed by atoms with E-state index < -0.39 is 16.7 Å². The van der Waals surface area contributed by atoms with Crippen molar-refractivity contribution in [1.29, 1.82) is 0 Å². The second-order valence-corrected chi connectivity index (χ2v) is 4.51. The standard InChI is InChI=1S/C10H7FN4O4S/c11-7-3-5(15(18)19)1-2-6(7)9-12-10(14-13-9)20-4-8(16)17/h1-3H,4H2,(H,16,17)(H,12,13,14). The Morgan fingerprint density at radius 2 is 2.30 bits per heavy atom. The first-order chi connectivity index (χ1) is 9.47. The summed E-state index contributed by atoms with van der Waals surface area (Å²) in [5.41, 5.74) is -0.350. The van der Waals surface area contributed by atoms with Crippen molar-refractivity contribution in [1.82, 2.24) is 15.2 Å². The van der Waals surface area contributed by atoms with Crippen molar-refractivity contribution in [2.45, 2.75) is 5.16 Å². The summed E-state index contributed by atoms with van der Waals surface area (Å²) in [5.74, 6) is -1.99. The van der Waals surface area contributed by atoms with E-state index in [-0.39, 0.29) is 28.0 Å². The number of carboxylic acid groups (broad SMARTS) is 1. The van der Waals surface area contributed by atoms with Crippen LogP contribution in [0.25, 0.3) is 11.4 Å². The van der Waals surface area contributed by atoms with Gasteiger partial charge in [0.15, 0.2) is 5.82 Å². The quantitative estimate of drug-likeness (QED) is 0.489. The number of aromatic amines is 1. The largest absolute Gasteiger partial charge is 0.481 e. The lowest BCUT2D eigenvalue weighted by atomic mass is 10.2. The van der Waals surface area contributed by atoms with E-state index in [1.165, 1.54) is 6.07 Å². The van der Waals surface area contributed by atoms with Gasteiger partial charge in [0.25, 0.3) is 5.69 Å². The molecule has 1 aromatic carbocycles. The number of H-pyrrole nitrogens is 1. The smallest absolute Gasteiger partial charge is 0.313 e. The Morgan fingerprint density at radius 1 is 1.55 bits per heavy atom. The Morgan fingerprint density at radius 3 is 2.90 bits per heavy atom. The summed E-state index contributed by atoms with van der Waals surface area (Å²) in [7, 11) is 0. The highest BCUT2D eigenvalue weighted by Gasteiger charge is 2.15. The first-order valence-electron chi connectivity index (χ1n) is 5.18. The van der Waals surface area contributed by atoms with E-state index in [2.05, 4.69) is 15.2 Å². The van der Waals surface area contributed by atoms with Gasteiger partial charge in [-0.25, -0.2) is 9.37 Å². The molecule has 2 N–H and O–H groups in total. The maximum absolute atomic E-state index is 13.7. The van der Waals surface area contributed by atoms with Gasteiger partial charge in [-0.2, -0.15) is 0 Å². The maximum Gasteiger partial charge on any atom is 0.313 e. The van der Waals surface area contributed by atoms with Crippen LogP contribution < -0.4 is 0 Å². The third-order valence-corrected chi connectivity index (χ3v) is 3.04. The topological polar surface area (TPSA) is 122 Å². The molecule has 0 saturated carbocycles. The maximum atomic E-state index is 13.7. The Kier molecular flexibility index (Phi) is 3.94. The predicted octanol–water partition coefficient (Wildman–Crippen LogP) is 1.70. The number of nitro benzene ring substituents is 1. The number of hydrogen-bond donors (Lipinski definition) is 2. The van der Waals surface area contributed by atoms with Gasteiger partial charge in [-0.05, 0) is 6.07 Å². The van der Waals surface area contributed by atoms with Crippen molar-refractivity contribution < 1.29 is 19.2 Å². The number of nitro groups is 1. The summed E-state index contributed by atoms with van der Waals surface area (Å²) in [6.45, 7) is 0. The molecule has 2 aromatic rings. The lowest BCUT2D eigenvalue weighted by Gasteiger charge is -1.98. The Balaban J connectivity index is 2.23. The number of carbonyl (C=O) groups is 1. The molecule has 1 aromatic heterocycles. The van der Waals surface area contributed by atoms with E-state index >= 15 is 0 Å². The summed E-state index contributed by atoms with van der Waals surface area (Å²) in [5, 5.41) is 25.3. The molecule has 1 heterocycles. The van der Waals surface area contributed by atoms with E-state index in [0.717, 1.165) is 23.9 Å². The highest BCUT2D eigenvalue weighted by atomic mass is 32.2. The first kappa shape index (κ1) is 13.9. The van der Waals surface area contributed by atoms with E-state index in [1.807, 2.05) is 0 Å². The minimum atomic E-state index is -1.03. The van der Waals surface area contributed by atoms with Crippen LogP contribution in [-0.2, 0) is 4.79 Å². The second-order valence-electron chi connectivity index (χ2n) is 3.57. The highest BCUT2D eigenvalue weighted by molar-refractivity contribution is 7.99. The number of nitrogens with one attached hydrogen (secondary N) is 1. The number of benzene rings is 1. The SMILES string of the molecule is O=C(O)CSc1n[nH]c(-c2ccc([N+](=O)[O-])cc2F)n1. The van der Waals surface area contributed by atoms with Gasteiger partial charge in [-0.15, -0.1) is 5.10 Å². The molecule has 0 unspecified atom stereocenters. The number of aromatic nitrogens is 3. The predicted molar refractivity (Wildman–Crippen MR) is 66.8 cm³/mol. The number of hydrogen-bond acceptors (Lipinski definition) is 6. The highest BCUT2D eigenvalue weighted by Crippen LogP contribution is 2.25. The monoisotopic (exact) mass is 298 g/mol. The van der Waals surface area contributed by atoms with Crippen LogP contribution >= 0.6 is 11.8 Å². The molecule has 0 spiro atoms. The number of non-ortho nitro benzene ring substituents is 1. The van der Waals surface area contributed by atoms with Crippen LogP contribution in [0.2, 0.25) is 0 Å². The minimum Gasteiger partial charge on any atom is -0.481 e. The molecule has 0 fully saturated rings. The van der Waals surface area contributed by atoms with Crippen LogP contribution in [0.3, 0.4) is 0 Å². The third-order valence-electron chi connectivity index (χ3n) is 2.21. The van der Waals surface area contributed by atoms with Gasteiger partial charge in [-0.3, -0.25) is 20.0 Å². The fraction of sp³-hybridized carbons (Fsp3) is 0.100. The lowest BCUT2D eigenvalue weighted by Crippen LogP contribution is -1.97. The summed E-state index contributed by atoms with van der Waals surface area (Å²) >= 11 is 0.874. The van der Waals surface area contributed by atoms with Gasteiger partial charge in [-0.1, -0.05) is 11.8 Å². The van der Waals surface area contributed by atoms with Gasteiger partial charge in [0.1, 0.15) is 5.82 Å². The van der Waals surface area contributed by atoms with Gasteiger partial charge in [0, 0.05) is 6.07 Å². The molecule has 2 rings (SSSR count). The van der Waals surface area contributed by atoms with Crippen LogP contribution in [0.4, 0.5) is 10.1 Å². The van der Waals surface area contributed by atoms with E-state index in [9.17, 15) is 19.3 Å². The van der Waals surface area contributed by atoms with Crippen molar-refractivity contribution in [3.05, 3.63) is 34.1 Å². The fourth-order valence-electron chi connectivity index (χ4n) is 1.37. The molecule has 20 heavy (non-hydrogen) atoms. The molecule has 10 heteroatoms. The fourth-order valence-corrected chi connectivity index (χ4v) is 1.89. The molecular weight excluding hydrogens is 291 g/mol. The van der Waals surface area contributed by atoms with Crippen LogP contribution in [0.5, 0.6) is 0 Å². The number of aliphatic carboxylic acids is 1. The summed E-state index contributed by atoms with van der Waals surface area (Å²) in [6.07, 6.45) is 0. The molecule has 0 aliphatic carbocycles. The van der Waals surface area contributed by atoms with Crippen LogP contribution in [-0.4, -0.2) is 36.9 Å². The molecular formula is C10H7FN4O4S. The average Bonchev–Trinajstić information content (AvgIpc) is 2.84. The molecule has 0 aliphatic rings. The molecule has 0 atom stereocenters. The van der Waals surface area contributed by atoms with Gasteiger partial charge in [0.05, 0.1) is 22.3 Å². The summed E-state index contributed by atoms with van der Waals surface area (Å²) < 4.78 is 13.7. The van der Waals surface area contributed by atoms with E-state index in [0.29, 0.717) is 0 Å². The van der Waals surface area contributed by atoms with Gasteiger partial charge < -0.3 is 5.11 Å². The Labute approximate surface area is 115 Å². The number of halogens is 1. The zero-order valence-electron chi connectivity index (χ0n) is 9.74. The molecule has 104 valence electrons. The molecule has 0 radical (unpaired) electrons. The average molecular weight is 298 g/mol. The van der Waals surface area contributed by atoms with Crippen molar-refractivity contribution in [3.63, 3.8) is 0 Å². The zero-order valence-corrected chi connectivity index (χ0v) is 10.6. The second kappa shape index (κ2) is 5.65. The molecule has 0 saturated heterocycles. The van der Waals surface area contributed by atoms with Crippen LogP contribution in [0, 0.1) is 15.9 Å². The van der Waals surface area contributed by atoms with Crippen molar-refractivity contribution in [3.8, 4) is 11.4 Å². The number of rotatable bonds is 5. The van der Waals surface area contributed by atoms with E-state index in [4.69, 9.17) is 5.11 Å². The summed E-state index contributed by atoms with van der Waals surface area (Å²) in [4.78, 5) is 24.1. The molecule has 0 amide bonds. The Hall–Kier alpha value is -2.49. The molecule has 0 aliphatic heterocycles. The lowest BCUT2D eigenvalue weighted by molar-refractivity contribution is -0.385. The van der Waals surface area contributed by atoms with Gasteiger partial charge in [0.2, 0.25) is 5.16 Å². The molecule has 8 nitrogen and oxygen atoms in total. The van der Waals surface area contributed by atoms with E-state index in [1.54, 1.807) is 0 Å². The minimum absolute atomic E-state index is 0.0188. The number of thioether (sulfide) groups is 1. The van der Waals surface area contributed by atoms with Crippen LogP contribution in [0.1, 0.15) is 0 Å². The first-order valence-corrected chi connectivity index (χ1v) is 6.17.